The van der Waals surface area contributed by atoms with Crippen LogP contribution in [0.15, 0.2) is 41.0 Å². The van der Waals surface area contributed by atoms with Gasteiger partial charge in [0.1, 0.15) is 11.5 Å². The lowest BCUT2D eigenvalue weighted by Crippen LogP contribution is -2.34. The molecule has 0 aliphatic rings. The summed E-state index contributed by atoms with van der Waals surface area (Å²) in [5.41, 5.74) is 0.807. The molecule has 1 amide bonds. The Kier molecular flexibility index (Phi) is 6.47. The molecule has 0 fully saturated rings. The van der Waals surface area contributed by atoms with Crippen LogP contribution in [0, 0.1) is 6.92 Å². The van der Waals surface area contributed by atoms with E-state index < -0.39 is 12.1 Å². The summed E-state index contributed by atoms with van der Waals surface area (Å²) in [4.78, 5) is 25.4. The fraction of sp³-hybridized carbons (Fsp3) is 0.333. The number of carbonyl (C=O) groups excluding carboxylic acids is 2. The molecule has 1 unspecified atom stereocenters. The van der Waals surface area contributed by atoms with E-state index in [9.17, 15) is 9.59 Å². The number of halogens is 1. The van der Waals surface area contributed by atoms with E-state index in [0.717, 1.165) is 5.56 Å². The van der Waals surface area contributed by atoms with E-state index >= 15 is 0 Å². The van der Waals surface area contributed by atoms with Crippen molar-refractivity contribution in [2.45, 2.75) is 26.5 Å². The smallest absolute Gasteiger partial charge is 0.347 e. The Labute approximate surface area is 151 Å². The minimum Gasteiger partial charge on any atom is -0.479 e. The van der Waals surface area contributed by atoms with Crippen LogP contribution in [0.3, 0.4) is 0 Å². The molecule has 1 aromatic heterocycles. The van der Waals surface area contributed by atoms with Crippen molar-refractivity contribution in [3.05, 3.63) is 52.9 Å². The zero-order valence-corrected chi connectivity index (χ0v) is 15.1. The monoisotopic (exact) mass is 365 g/mol. The number of likely N-dealkylation sites (N-methyl/N-ethyl adjacent to an activating group) is 1. The summed E-state index contributed by atoms with van der Waals surface area (Å²) < 4.78 is 15.8. The lowest BCUT2D eigenvalue weighted by molar-refractivity contribution is -0.157. The van der Waals surface area contributed by atoms with Crippen molar-refractivity contribution in [2.24, 2.45) is 0 Å². The number of esters is 1. The fourth-order valence-electron chi connectivity index (χ4n) is 2.07. The third kappa shape index (κ3) is 5.53. The summed E-state index contributed by atoms with van der Waals surface area (Å²) in [7, 11) is 1.61. The molecule has 0 saturated heterocycles. The largest absolute Gasteiger partial charge is 0.479 e. The van der Waals surface area contributed by atoms with E-state index in [0.29, 0.717) is 23.1 Å². The van der Waals surface area contributed by atoms with Gasteiger partial charge in [0, 0.05) is 12.1 Å². The number of ether oxygens (including phenoxy) is 2. The molecule has 0 radical (unpaired) electrons. The minimum absolute atomic E-state index is 0.305. The summed E-state index contributed by atoms with van der Waals surface area (Å²) in [5, 5.41) is 0.588. The van der Waals surface area contributed by atoms with Gasteiger partial charge in [-0.15, -0.1) is 0 Å². The maximum absolute atomic E-state index is 12.0. The fourth-order valence-corrected chi connectivity index (χ4v) is 2.30. The van der Waals surface area contributed by atoms with Gasteiger partial charge >= 0.3 is 5.97 Å². The lowest BCUT2D eigenvalue weighted by atomic mass is 10.2. The normalized spacial score (nSPS) is 11.7. The average molecular weight is 366 g/mol. The van der Waals surface area contributed by atoms with Crippen molar-refractivity contribution < 1.29 is 23.5 Å². The number of aryl methyl sites for hydroxylation is 1. The number of hydrogen-bond acceptors (Lipinski definition) is 5. The van der Waals surface area contributed by atoms with Crippen LogP contribution in [-0.4, -0.2) is 36.5 Å². The molecule has 0 saturated carbocycles. The van der Waals surface area contributed by atoms with E-state index in [4.69, 9.17) is 25.5 Å². The molecule has 134 valence electrons. The Morgan fingerprint density at radius 2 is 2.08 bits per heavy atom. The van der Waals surface area contributed by atoms with Crippen LogP contribution in [0.4, 0.5) is 0 Å². The second kappa shape index (κ2) is 8.58. The SMILES string of the molecule is Cc1cc(Cl)ccc1OC(C)C(=O)OCC(=O)N(C)Cc1ccco1. The molecular formula is C18H20ClNO5. The van der Waals surface area contributed by atoms with Gasteiger partial charge in [-0.25, -0.2) is 4.79 Å². The van der Waals surface area contributed by atoms with Gasteiger partial charge in [-0.3, -0.25) is 4.79 Å². The third-order valence-electron chi connectivity index (χ3n) is 3.51. The predicted octanol–water partition coefficient (Wildman–Crippen LogP) is 3.21. The van der Waals surface area contributed by atoms with E-state index in [1.54, 1.807) is 44.3 Å². The summed E-state index contributed by atoms with van der Waals surface area (Å²) in [6.07, 6.45) is 0.689. The standard InChI is InChI=1S/C18H20ClNO5/c1-12-9-14(19)6-7-16(12)25-13(2)18(22)24-11-17(21)20(3)10-15-5-4-8-23-15/h4-9,13H,10-11H2,1-3H3. The first-order chi connectivity index (χ1) is 11.9. The molecule has 0 aliphatic heterocycles. The molecule has 6 nitrogen and oxygen atoms in total. The summed E-state index contributed by atoms with van der Waals surface area (Å²) >= 11 is 5.88. The van der Waals surface area contributed by atoms with Gasteiger partial charge in [-0.1, -0.05) is 11.6 Å². The van der Waals surface area contributed by atoms with Crippen LogP contribution in [0.1, 0.15) is 18.2 Å². The molecule has 0 N–H and O–H groups in total. The van der Waals surface area contributed by atoms with E-state index in [1.165, 1.54) is 11.2 Å². The zero-order chi connectivity index (χ0) is 18.4. The summed E-state index contributed by atoms with van der Waals surface area (Å²) in [6, 6.07) is 8.60. The Morgan fingerprint density at radius 1 is 1.32 bits per heavy atom. The van der Waals surface area contributed by atoms with Crippen molar-refractivity contribution in [1.82, 2.24) is 4.90 Å². The van der Waals surface area contributed by atoms with Crippen LogP contribution < -0.4 is 4.74 Å². The van der Waals surface area contributed by atoms with Crippen LogP contribution in [0.25, 0.3) is 0 Å². The second-order valence-electron chi connectivity index (χ2n) is 5.61. The number of amides is 1. The van der Waals surface area contributed by atoms with Crippen LogP contribution >= 0.6 is 11.6 Å². The van der Waals surface area contributed by atoms with Gasteiger partial charge in [0.05, 0.1) is 12.8 Å². The number of benzene rings is 1. The maximum atomic E-state index is 12.0. The van der Waals surface area contributed by atoms with Crippen molar-refractivity contribution in [1.29, 1.82) is 0 Å². The molecule has 7 heteroatoms. The highest BCUT2D eigenvalue weighted by atomic mass is 35.5. The van der Waals surface area contributed by atoms with Crippen LogP contribution in [-0.2, 0) is 20.9 Å². The molecule has 0 bridgehead atoms. The van der Waals surface area contributed by atoms with E-state index in [2.05, 4.69) is 0 Å². The molecule has 0 aliphatic carbocycles. The Bertz CT molecular complexity index is 729. The van der Waals surface area contributed by atoms with Crippen LogP contribution in [0.2, 0.25) is 5.02 Å². The molecule has 1 aromatic carbocycles. The maximum Gasteiger partial charge on any atom is 0.347 e. The third-order valence-corrected chi connectivity index (χ3v) is 3.74. The lowest BCUT2D eigenvalue weighted by Gasteiger charge is -2.18. The number of hydrogen-bond donors (Lipinski definition) is 0. The molecule has 0 spiro atoms. The summed E-state index contributed by atoms with van der Waals surface area (Å²) in [5.74, 6) is 0.237. The highest BCUT2D eigenvalue weighted by Crippen LogP contribution is 2.23. The first-order valence-corrected chi connectivity index (χ1v) is 8.10. The van der Waals surface area contributed by atoms with Gasteiger partial charge in [0.15, 0.2) is 12.7 Å². The van der Waals surface area contributed by atoms with Gasteiger partial charge < -0.3 is 18.8 Å². The quantitative estimate of drug-likeness (QED) is 0.705. The number of furan rings is 1. The first-order valence-electron chi connectivity index (χ1n) is 7.72. The topological polar surface area (TPSA) is 69.0 Å². The Hall–Kier alpha value is -2.47. The second-order valence-corrected chi connectivity index (χ2v) is 6.04. The number of rotatable bonds is 7. The highest BCUT2D eigenvalue weighted by molar-refractivity contribution is 6.30. The van der Waals surface area contributed by atoms with Crippen molar-refractivity contribution in [2.75, 3.05) is 13.7 Å². The molecule has 1 heterocycles. The molecule has 2 aromatic rings. The Balaban J connectivity index is 1.81. The predicted molar refractivity (Wildman–Crippen MR) is 92.4 cm³/mol. The number of nitrogens with zero attached hydrogens (tertiary/aromatic N) is 1. The van der Waals surface area contributed by atoms with E-state index in [1.807, 2.05) is 6.92 Å². The Morgan fingerprint density at radius 3 is 2.72 bits per heavy atom. The first kappa shape index (κ1) is 18.9. The van der Waals surface area contributed by atoms with Crippen molar-refractivity contribution in [3.63, 3.8) is 0 Å². The molecular weight excluding hydrogens is 346 g/mol. The molecule has 1 atom stereocenters. The van der Waals surface area contributed by atoms with Gasteiger partial charge in [0.2, 0.25) is 0 Å². The van der Waals surface area contributed by atoms with Gasteiger partial charge in [0.25, 0.3) is 5.91 Å². The zero-order valence-electron chi connectivity index (χ0n) is 14.3. The van der Waals surface area contributed by atoms with Crippen molar-refractivity contribution >= 4 is 23.5 Å². The van der Waals surface area contributed by atoms with Crippen molar-refractivity contribution in [3.8, 4) is 5.75 Å². The van der Waals surface area contributed by atoms with Gasteiger partial charge in [-0.2, -0.15) is 0 Å². The summed E-state index contributed by atoms with van der Waals surface area (Å²) in [6.45, 7) is 3.34. The van der Waals surface area contributed by atoms with Crippen LogP contribution in [0.5, 0.6) is 5.75 Å². The number of carbonyl (C=O) groups is 2. The highest BCUT2D eigenvalue weighted by Gasteiger charge is 2.20. The van der Waals surface area contributed by atoms with Gasteiger partial charge in [-0.05, 0) is 49.7 Å². The average Bonchev–Trinajstić information content (AvgIpc) is 3.07. The minimum atomic E-state index is -0.844. The molecule has 25 heavy (non-hydrogen) atoms. The van der Waals surface area contributed by atoms with E-state index in [-0.39, 0.29) is 12.5 Å². The molecule has 2 rings (SSSR count).